The quantitative estimate of drug-likeness (QED) is 0.114. The van der Waals surface area contributed by atoms with Crippen molar-refractivity contribution in [1.29, 1.82) is 0 Å². The van der Waals surface area contributed by atoms with Gasteiger partial charge in [-0.3, -0.25) is 9.36 Å². The minimum atomic E-state index is -0.797. The molecule has 6 aromatic rings. The van der Waals surface area contributed by atoms with Crippen molar-refractivity contribution in [2.45, 2.75) is 19.6 Å². The SMILES string of the molecule is CCOC(=O)C1=C(c2ccccc2)N=c2s/c(=C\c3cc(Br)cc(I)c3OCc3cccc4ccccc34)c(=O)n2[C@H]1c1ccc(Cl)cc1. The first-order chi connectivity index (χ1) is 23.8. The molecular weight excluding hydrogens is 835 g/mol. The molecule has 1 atom stereocenters. The molecule has 2 heterocycles. The molecule has 1 aliphatic heterocycles. The van der Waals surface area contributed by atoms with E-state index in [1.54, 1.807) is 23.6 Å². The van der Waals surface area contributed by atoms with E-state index in [0.29, 0.717) is 38.0 Å². The largest absolute Gasteiger partial charge is 0.487 e. The molecule has 0 bridgehead atoms. The second-order valence-electron chi connectivity index (χ2n) is 11.2. The molecule has 0 spiro atoms. The van der Waals surface area contributed by atoms with E-state index in [-0.39, 0.29) is 17.7 Å². The van der Waals surface area contributed by atoms with E-state index in [1.807, 2.05) is 78.9 Å². The predicted molar refractivity (Wildman–Crippen MR) is 208 cm³/mol. The highest BCUT2D eigenvalue weighted by atomic mass is 127. The molecule has 1 aliphatic rings. The minimum absolute atomic E-state index is 0.172. The number of aromatic nitrogens is 1. The minimum Gasteiger partial charge on any atom is -0.487 e. The van der Waals surface area contributed by atoms with Crippen LogP contribution in [0.2, 0.25) is 5.02 Å². The third-order valence-corrected chi connectivity index (χ3v) is 10.6. The fourth-order valence-corrected chi connectivity index (χ4v) is 8.77. The highest BCUT2D eigenvalue weighted by Gasteiger charge is 2.35. The summed E-state index contributed by atoms with van der Waals surface area (Å²) in [6.45, 7) is 2.28. The van der Waals surface area contributed by atoms with Crippen LogP contribution in [0.1, 0.15) is 35.2 Å². The molecular formula is C39H27BrClIN2O4S. The Morgan fingerprint density at radius 1 is 1.00 bits per heavy atom. The summed E-state index contributed by atoms with van der Waals surface area (Å²) in [6.07, 6.45) is 1.84. The number of hydrogen-bond acceptors (Lipinski definition) is 6. The lowest BCUT2D eigenvalue weighted by Crippen LogP contribution is -2.40. The van der Waals surface area contributed by atoms with Crippen LogP contribution in [-0.4, -0.2) is 17.1 Å². The molecule has 6 nitrogen and oxygen atoms in total. The van der Waals surface area contributed by atoms with Crippen molar-refractivity contribution in [1.82, 2.24) is 4.57 Å². The van der Waals surface area contributed by atoms with Gasteiger partial charge >= 0.3 is 5.97 Å². The Morgan fingerprint density at radius 2 is 1.73 bits per heavy atom. The Labute approximate surface area is 313 Å². The number of benzene rings is 5. The summed E-state index contributed by atoms with van der Waals surface area (Å²) in [7, 11) is 0. The molecule has 0 saturated heterocycles. The van der Waals surface area contributed by atoms with Gasteiger partial charge in [-0.05, 0) is 81.8 Å². The second kappa shape index (κ2) is 14.4. The van der Waals surface area contributed by atoms with Gasteiger partial charge in [-0.25, -0.2) is 9.79 Å². The van der Waals surface area contributed by atoms with E-state index < -0.39 is 12.0 Å². The van der Waals surface area contributed by atoms with Crippen LogP contribution in [0.3, 0.4) is 0 Å². The van der Waals surface area contributed by atoms with Gasteiger partial charge in [0.2, 0.25) is 0 Å². The molecule has 0 saturated carbocycles. The maximum absolute atomic E-state index is 14.5. The van der Waals surface area contributed by atoms with Crippen LogP contribution in [0.25, 0.3) is 22.5 Å². The smallest absolute Gasteiger partial charge is 0.338 e. The molecule has 0 unspecified atom stereocenters. The van der Waals surface area contributed by atoms with Gasteiger partial charge in [-0.1, -0.05) is 124 Å². The number of fused-ring (bicyclic) bond motifs is 2. The standard InChI is InChI=1S/C39H27BrClIN2O4S/c1-2-47-38(46)33-34(24-10-4-3-5-11-24)43-39-44(35(33)25-15-17-29(41)18-16-25)37(45)32(49-39)20-27-19-28(40)21-31(42)36(27)48-22-26-13-8-12-23-9-6-7-14-30(23)26/h3-21,35H,2,22H2,1H3/b32-20-/t35-/m0/s1. The fraction of sp³-hybridized carbons (Fsp3) is 0.103. The van der Waals surface area contributed by atoms with Gasteiger partial charge in [-0.15, -0.1) is 0 Å². The van der Waals surface area contributed by atoms with E-state index in [4.69, 9.17) is 26.1 Å². The van der Waals surface area contributed by atoms with Gasteiger partial charge in [0.05, 0.1) is 32.0 Å². The van der Waals surface area contributed by atoms with Gasteiger partial charge in [0, 0.05) is 20.6 Å². The summed E-state index contributed by atoms with van der Waals surface area (Å²) in [6, 6.07) is 34.2. The molecule has 1 aromatic heterocycles. The number of rotatable bonds is 8. The molecule has 0 aliphatic carbocycles. The van der Waals surface area contributed by atoms with Crippen molar-refractivity contribution in [3.63, 3.8) is 0 Å². The first-order valence-electron chi connectivity index (χ1n) is 15.4. The summed E-state index contributed by atoms with van der Waals surface area (Å²) in [5, 5.41) is 2.81. The van der Waals surface area contributed by atoms with Crippen LogP contribution < -0.4 is 19.6 Å². The predicted octanol–water partition coefficient (Wildman–Crippen LogP) is 8.69. The topological polar surface area (TPSA) is 69.9 Å². The lowest BCUT2D eigenvalue weighted by atomic mass is 9.93. The average molecular weight is 862 g/mol. The van der Waals surface area contributed by atoms with E-state index >= 15 is 0 Å². The Balaban J connectivity index is 1.40. The van der Waals surface area contributed by atoms with Crippen LogP contribution in [0.5, 0.6) is 5.75 Å². The van der Waals surface area contributed by atoms with E-state index in [0.717, 1.165) is 35.5 Å². The second-order valence-corrected chi connectivity index (χ2v) is 14.7. The zero-order valence-electron chi connectivity index (χ0n) is 26.0. The van der Waals surface area contributed by atoms with Crippen molar-refractivity contribution < 1.29 is 14.3 Å². The first-order valence-corrected chi connectivity index (χ1v) is 18.5. The number of esters is 1. The van der Waals surface area contributed by atoms with Crippen molar-refractivity contribution in [2.75, 3.05) is 6.61 Å². The van der Waals surface area contributed by atoms with Crippen molar-refractivity contribution >= 4 is 90.0 Å². The van der Waals surface area contributed by atoms with Crippen LogP contribution in [0.15, 0.2) is 129 Å². The number of hydrogen-bond donors (Lipinski definition) is 0. The number of ether oxygens (including phenoxy) is 2. The highest BCUT2D eigenvalue weighted by Crippen LogP contribution is 2.36. The van der Waals surface area contributed by atoms with Crippen molar-refractivity contribution in [2.24, 2.45) is 4.99 Å². The Morgan fingerprint density at radius 3 is 2.51 bits per heavy atom. The molecule has 244 valence electrons. The van der Waals surface area contributed by atoms with Gasteiger partial charge in [-0.2, -0.15) is 0 Å². The maximum Gasteiger partial charge on any atom is 0.338 e. The van der Waals surface area contributed by atoms with Gasteiger partial charge in [0.15, 0.2) is 4.80 Å². The monoisotopic (exact) mass is 860 g/mol. The number of halogens is 3. The molecule has 7 rings (SSSR count). The number of nitrogens with zero attached hydrogens (tertiary/aromatic N) is 2. The molecule has 0 fully saturated rings. The summed E-state index contributed by atoms with van der Waals surface area (Å²) >= 11 is 13.4. The Hall–Kier alpha value is -4.03. The number of carbonyl (C=O) groups is 1. The van der Waals surface area contributed by atoms with Crippen LogP contribution in [-0.2, 0) is 16.1 Å². The van der Waals surface area contributed by atoms with Gasteiger partial charge in [0.25, 0.3) is 5.56 Å². The molecule has 10 heteroatoms. The molecule has 0 radical (unpaired) electrons. The van der Waals surface area contributed by atoms with Crippen LogP contribution >= 0.6 is 61.5 Å². The molecule has 0 amide bonds. The fourth-order valence-electron chi connectivity index (χ4n) is 5.95. The van der Waals surface area contributed by atoms with E-state index in [9.17, 15) is 9.59 Å². The molecule has 0 N–H and O–H groups in total. The maximum atomic E-state index is 14.5. The van der Waals surface area contributed by atoms with Crippen molar-refractivity contribution in [3.05, 3.63) is 170 Å². The van der Waals surface area contributed by atoms with Gasteiger partial charge < -0.3 is 9.47 Å². The van der Waals surface area contributed by atoms with Gasteiger partial charge in [0.1, 0.15) is 12.4 Å². The Kier molecular flexibility index (Phi) is 9.87. The first kappa shape index (κ1) is 33.5. The van der Waals surface area contributed by atoms with Crippen LogP contribution in [0, 0.1) is 3.57 Å². The lowest BCUT2D eigenvalue weighted by molar-refractivity contribution is -0.138. The highest BCUT2D eigenvalue weighted by molar-refractivity contribution is 14.1. The van der Waals surface area contributed by atoms with Crippen molar-refractivity contribution in [3.8, 4) is 5.75 Å². The lowest BCUT2D eigenvalue weighted by Gasteiger charge is -2.26. The third-order valence-electron chi connectivity index (χ3n) is 8.14. The Bertz CT molecular complexity index is 2440. The summed E-state index contributed by atoms with van der Waals surface area (Å²) in [4.78, 5) is 33.6. The summed E-state index contributed by atoms with van der Waals surface area (Å²) in [5.41, 5.74) is 3.71. The summed E-state index contributed by atoms with van der Waals surface area (Å²) < 4.78 is 15.9. The molecule has 5 aromatic carbocycles. The van der Waals surface area contributed by atoms with E-state index in [1.165, 1.54) is 11.3 Å². The average Bonchev–Trinajstić information content (AvgIpc) is 3.42. The number of carbonyl (C=O) groups excluding carboxylic acids is 1. The molecule has 49 heavy (non-hydrogen) atoms. The zero-order chi connectivity index (χ0) is 34.1. The van der Waals surface area contributed by atoms with E-state index in [2.05, 4.69) is 62.8 Å². The normalized spacial score (nSPS) is 14.4. The third kappa shape index (κ3) is 6.77. The zero-order valence-corrected chi connectivity index (χ0v) is 31.3. The summed E-state index contributed by atoms with van der Waals surface area (Å²) in [5.74, 6) is 0.124. The van der Waals surface area contributed by atoms with Crippen LogP contribution in [0.4, 0.5) is 0 Å². The number of thiazole rings is 1.